The third-order valence-corrected chi connectivity index (χ3v) is 3.50. The van der Waals surface area contributed by atoms with E-state index in [1.165, 1.54) is 0 Å². The Balaban J connectivity index is 2.67. The van der Waals surface area contributed by atoms with Gasteiger partial charge in [-0.05, 0) is 26.7 Å². The Kier molecular flexibility index (Phi) is 4.75. The van der Waals surface area contributed by atoms with Gasteiger partial charge in [0.2, 0.25) is 5.91 Å². The Hall–Kier alpha value is -1.63. The molecule has 0 aromatic rings. The maximum absolute atomic E-state index is 12.3. The quantitative estimate of drug-likeness (QED) is 0.595. The molecule has 1 aliphatic rings. The maximum atomic E-state index is 12.3. The largest absolute Gasteiger partial charge is 0.353 e. The van der Waals surface area contributed by atoms with Crippen LogP contribution in [0.5, 0.6) is 0 Å². The molecule has 0 saturated carbocycles. The van der Waals surface area contributed by atoms with E-state index in [0.717, 1.165) is 4.90 Å². The topological polar surface area (TPSA) is 105 Å². The number of imide groups is 1. The SMILES string of the molecule is CCC1(CC)NC(=O)N(CC(=O)NCC(C)(C)N)C1=O. The van der Waals surface area contributed by atoms with E-state index in [1.807, 2.05) is 13.8 Å². The van der Waals surface area contributed by atoms with Crippen molar-refractivity contribution in [2.24, 2.45) is 5.73 Å². The van der Waals surface area contributed by atoms with E-state index in [4.69, 9.17) is 5.73 Å². The molecule has 1 rings (SSSR count). The van der Waals surface area contributed by atoms with Crippen LogP contribution in [0.15, 0.2) is 0 Å². The monoisotopic (exact) mass is 284 g/mol. The minimum absolute atomic E-state index is 0.275. The lowest BCUT2D eigenvalue weighted by molar-refractivity contribution is -0.135. The molecule has 0 bridgehead atoms. The van der Waals surface area contributed by atoms with Crippen LogP contribution < -0.4 is 16.4 Å². The van der Waals surface area contributed by atoms with E-state index in [-0.39, 0.29) is 19.0 Å². The van der Waals surface area contributed by atoms with Gasteiger partial charge in [0.1, 0.15) is 12.1 Å². The fourth-order valence-corrected chi connectivity index (χ4v) is 2.07. The van der Waals surface area contributed by atoms with Crippen molar-refractivity contribution in [2.45, 2.75) is 51.6 Å². The maximum Gasteiger partial charge on any atom is 0.325 e. The fourth-order valence-electron chi connectivity index (χ4n) is 2.07. The van der Waals surface area contributed by atoms with E-state index in [1.54, 1.807) is 13.8 Å². The summed E-state index contributed by atoms with van der Waals surface area (Å²) in [6.45, 7) is 7.23. The van der Waals surface area contributed by atoms with Gasteiger partial charge < -0.3 is 16.4 Å². The first-order valence-electron chi connectivity index (χ1n) is 6.85. The average molecular weight is 284 g/mol. The van der Waals surface area contributed by atoms with Crippen LogP contribution in [-0.4, -0.2) is 46.9 Å². The van der Waals surface area contributed by atoms with Gasteiger partial charge in [-0.15, -0.1) is 0 Å². The zero-order valence-electron chi connectivity index (χ0n) is 12.6. The summed E-state index contributed by atoms with van der Waals surface area (Å²) in [4.78, 5) is 36.9. The lowest BCUT2D eigenvalue weighted by atomic mass is 9.93. The third-order valence-electron chi connectivity index (χ3n) is 3.50. The molecule has 7 nitrogen and oxygen atoms in total. The molecular formula is C13H24N4O3. The standard InChI is InChI=1S/C13H24N4O3/c1-5-13(6-2)10(19)17(11(20)16-13)7-9(18)15-8-12(3,4)14/h5-8,14H2,1-4H3,(H,15,18)(H,16,20). The molecule has 1 fully saturated rings. The smallest absolute Gasteiger partial charge is 0.325 e. The first kappa shape index (κ1) is 16.4. The molecule has 0 aromatic heterocycles. The Morgan fingerprint density at radius 1 is 1.35 bits per heavy atom. The van der Waals surface area contributed by atoms with Crippen LogP contribution >= 0.6 is 0 Å². The summed E-state index contributed by atoms with van der Waals surface area (Å²) in [7, 11) is 0. The van der Waals surface area contributed by atoms with Crippen molar-refractivity contribution in [3.63, 3.8) is 0 Å². The molecule has 1 heterocycles. The first-order chi connectivity index (χ1) is 9.15. The van der Waals surface area contributed by atoms with E-state index in [0.29, 0.717) is 12.8 Å². The lowest BCUT2D eigenvalue weighted by Crippen LogP contribution is -2.49. The molecule has 0 atom stereocenters. The Morgan fingerprint density at radius 2 is 1.90 bits per heavy atom. The van der Waals surface area contributed by atoms with Gasteiger partial charge in [-0.25, -0.2) is 4.79 Å². The Bertz CT molecular complexity index is 410. The molecule has 0 unspecified atom stereocenters. The van der Waals surface area contributed by atoms with E-state index in [9.17, 15) is 14.4 Å². The summed E-state index contributed by atoms with van der Waals surface area (Å²) in [6.07, 6.45) is 1.00. The third kappa shape index (κ3) is 3.47. The van der Waals surface area contributed by atoms with Gasteiger partial charge in [0.25, 0.3) is 5.91 Å². The van der Waals surface area contributed by atoms with Crippen molar-refractivity contribution in [1.29, 1.82) is 0 Å². The number of carbonyl (C=O) groups excluding carboxylic acids is 3. The second-order valence-electron chi connectivity index (χ2n) is 5.88. The molecule has 20 heavy (non-hydrogen) atoms. The van der Waals surface area contributed by atoms with Gasteiger partial charge >= 0.3 is 6.03 Å². The predicted molar refractivity (Wildman–Crippen MR) is 74.8 cm³/mol. The number of rotatable bonds is 6. The summed E-state index contributed by atoms with van der Waals surface area (Å²) >= 11 is 0. The Labute approximate surface area is 119 Å². The van der Waals surface area contributed by atoms with Crippen LogP contribution in [0.25, 0.3) is 0 Å². The van der Waals surface area contributed by atoms with Gasteiger partial charge in [0.15, 0.2) is 0 Å². The van der Waals surface area contributed by atoms with Crippen LogP contribution in [0.1, 0.15) is 40.5 Å². The van der Waals surface area contributed by atoms with Gasteiger partial charge in [-0.3, -0.25) is 14.5 Å². The summed E-state index contributed by atoms with van der Waals surface area (Å²) in [5.74, 6) is -0.732. The highest BCUT2D eigenvalue weighted by atomic mass is 16.2. The zero-order chi connectivity index (χ0) is 15.6. The van der Waals surface area contributed by atoms with E-state index >= 15 is 0 Å². The summed E-state index contributed by atoms with van der Waals surface area (Å²) in [5, 5.41) is 5.29. The van der Waals surface area contributed by atoms with E-state index < -0.39 is 23.0 Å². The normalized spacial score (nSPS) is 18.1. The van der Waals surface area contributed by atoms with Crippen molar-refractivity contribution in [2.75, 3.05) is 13.1 Å². The Morgan fingerprint density at radius 3 is 2.30 bits per heavy atom. The molecule has 4 N–H and O–H groups in total. The number of urea groups is 1. The predicted octanol–water partition coefficient (Wildman–Crippen LogP) is -0.0495. The molecule has 4 amide bonds. The van der Waals surface area contributed by atoms with Crippen LogP contribution in [0.2, 0.25) is 0 Å². The van der Waals surface area contributed by atoms with Crippen LogP contribution in [-0.2, 0) is 9.59 Å². The molecule has 0 aromatic carbocycles. The molecule has 7 heteroatoms. The number of carbonyl (C=O) groups is 3. The second-order valence-corrected chi connectivity index (χ2v) is 5.88. The number of hydrogen-bond donors (Lipinski definition) is 3. The number of hydrogen-bond acceptors (Lipinski definition) is 4. The van der Waals surface area contributed by atoms with E-state index in [2.05, 4.69) is 10.6 Å². The van der Waals surface area contributed by atoms with Crippen LogP contribution in [0, 0.1) is 0 Å². The van der Waals surface area contributed by atoms with Gasteiger partial charge in [0, 0.05) is 12.1 Å². The number of amides is 4. The molecular weight excluding hydrogens is 260 g/mol. The van der Waals surface area contributed by atoms with Crippen molar-refractivity contribution in [3.05, 3.63) is 0 Å². The highest BCUT2D eigenvalue weighted by molar-refractivity contribution is 6.08. The highest BCUT2D eigenvalue weighted by Crippen LogP contribution is 2.24. The molecule has 114 valence electrons. The van der Waals surface area contributed by atoms with Gasteiger partial charge in [0.05, 0.1) is 0 Å². The number of nitrogens with two attached hydrogens (primary N) is 1. The summed E-state index contributed by atoms with van der Waals surface area (Å²) in [6, 6.07) is -0.513. The average Bonchev–Trinajstić information content (AvgIpc) is 2.60. The minimum atomic E-state index is -0.871. The molecule has 0 radical (unpaired) electrons. The van der Waals surface area contributed by atoms with Gasteiger partial charge in [-0.2, -0.15) is 0 Å². The van der Waals surface area contributed by atoms with Crippen molar-refractivity contribution < 1.29 is 14.4 Å². The number of nitrogens with one attached hydrogen (secondary N) is 2. The summed E-state index contributed by atoms with van der Waals surface area (Å²) < 4.78 is 0. The molecule has 0 aliphatic carbocycles. The highest BCUT2D eigenvalue weighted by Gasteiger charge is 2.49. The lowest BCUT2D eigenvalue weighted by Gasteiger charge is -2.23. The molecule has 1 saturated heterocycles. The van der Waals surface area contributed by atoms with Crippen molar-refractivity contribution in [3.8, 4) is 0 Å². The van der Waals surface area contributed by atoms with Crippen LogP contribution in [0.3, 0.4) is 0 Å². The minimum Gasteiger partial charge on any atom is -0.353 e. The summed E-state index contributed by atoms with van der Waals surface area (Å²) in [5.41, 5.74) is 4.35. The molecule has 1 aliphatic heterocycles. The molecule has 0 spiro atoms. The fraction of sp³-hybridized carbons (Fsp3) is 0.769. The second kappa shape index (κ2) is 5.78. The number of nitrogens with zero attached hydrogens (tertiary/aromatic N) is 1. The van der Waals surface area contributed by atoms with Gasteiger partial charge in [-0.1, -0.05) is 13.8 Å². The first-order valence-corrected chi connectivity index (χ1v) is 6.85. The van der Waals surface area contributed by atoms with Crippen molar-refractivity contribution >= 4 is 17.8 Å². The van der Waals surface area contributed by atoms with Crippen LogP contribution in [0.4, 0.5) is 4.79 Å². The van der Waals surface area contributed by atoms with Crippen molar-refractivity contribution in [1.82, 2.24) is 15.5 Å². The zero-order valence-corrected chi connectivity index (χ0v) is 12.6.